The molecule has 1 aliphatic heterocycles. The Hall–Kier alpha value is -2.00. The van der Waals surface area contributed by atoms with Gasteiger partial charge in [-0.15, -0.1) is 0 Å². The number of rotatable bonds is 7. The summed E-state index contributed by atoms with van der Waals surface area (Å²) in [6.45, 7) is 11.6. The number of nitrogens with zero attached hydrogens (tertiary/aromatic N) is 1. The Kier molecular flexibility index (Phi) is 6.34. The molecule has 31 heavy (non-hydrogen) atoms. The maximum atomic E-state index is 6.46. The van der Waals surface area contributed by atoms with Gasteiger partial charge in [-0.05, 0) is 57.3 Å². The van der Waals surface area contributed by atoms with E-state index in [1.54, 1.807) is 0 Å². The van der Waals surface area contributed by atoms with Crippen LogP contribution in [0.2, 0.25) is 19.6 Å². The van der Waals surface area contributed by atoms with Crippen molar-refractivity contribution in [1.82, 2.24) is 0 Å². The number of hydrogen-bond donors (Lipinski definition) is 0. The van der Waals surface area contributed by atoms with Crippen LogP contribution in [-0.4, -0.2) is 32.5 Å². The van der Waals surface area contributed by atoms with Crippen LogP contribution in [0.4, 0.5) is 0 Å². The minimum atomic E-state index is -1.68. The summed E-state index contributed by atoms with van der Waals surface area (Å²) in [7, 11) is -2.34. The van der Waals surface area contributed by atoms with E-state index >= 15 is 0 Å². The molecule has 0 N–H and O–H groups in total. The Morgan fingerprint density at radius 1 is 0.968 bits per heavy atom. The third kappa shape index (κ3) is 5.09. The van der Waals surface area contributed by atoms with Crippen molar-refractivity contribution in [3.05, 3.63) is 84.2 Å². The maximum absolute atomic E-state index is 6.46. The summed E-state index contributed by atoms with van der Waals surface area (Å²) in [6.07, 6.45) is 6.65. The Morgan fingerprint density at radius 3 is 2.10 bits per heavy atom. The van der Waals surface area contributed by atoms with Crippen LogP contribution in [0.15, 0.2) is 89.2 Å². The topological polar surface area (TPSA) is 30.8 Å². The zero-order chi connectivity index (χ0) is 22.1. The highest BCUT2D eigenvalue weighted by Gasteiger charge is 2.41. The van der Waals surface area contributed by atoms with Gasteiger partial charge >= 0.3 is 0 Å². The molecular weight excluding hydrogens is 417 g/mol. The Balaban J connectivity index is 1.64. The van der Waals surface area contributed by atoms with E-state index in [9.17, 15) is 0 Å². The monoisotopic (exact) mass is 449 g/mol. The molecule has 1 heterocycles. The first-order valence-corrected chi connectivity index (χ1v) is 15.7. The summed E-state index contributed by atoms with van der Waals surface area (Å²) in [5, 5.41) is 4.07. The van der Waals surface area contributed by atoms with Gasteiger partial charge in [0, 0.05) is 0 Å². The molecular formula is C26H32NO2PSi. The van der Waals surface area contributed by atoms with Crippen molar-refractivity contribution in [2.45, 2.75) is 45.1 Å². The molecule has 3 nitrogen and oxygen atoms in total. The SMILES string of the molecule is CC(C)(O[Si](C)(C)C)[C@H]1COC(C2C=CC=C2P(c2ccccc2)c2ccccc2)=N1. The van der Waals surface area contributed by atoms with Crippen molar-refractivity contribution < 1.29 is 9.16 Å². The minimum Gasteiger partial charge on any atom is -0.478 e. The molecule has 2 aromatic rings. The lowest BCUT2D eigenvalue weighted by molar-refractivity contribution is 0.0617. The van der Waals surface area contributed by atoms with E-state index in [0.717, 1.165) is 5.90 Å². The summed E-state index contributed by atoms with van der Waals surface area (Å²) in [5.74, 6) is 0.913. The molecule has 2 aromatic carbocycles. The molecule has 0 bridgehead atoms. The van der Waals surface area contributed by atoms with E-state index in [0.29, 0.717) is 6.61 Å². The molecule has 4 rings (SSSR count). The second-order valence-corrected chi connectivity index (χ2v) is 16.2. The Labute approximate surface area is 188 Å². The van der Waals surface area contributed by atoms with E-state index in [1.165, 1.54) is 15.9 Å². The van der Waals surface area contributed by atoms with E-state index in [4.69, 9.17) is 14.2 Å². The van der Waals surface area contributed by atoms with Crippen molar-refractivity contribution in [3.8, 4) is 0 Å². The molecule has 162 valence electrons. The number of aliphatic imine (C=N–C) groups is 1. The first-order valence-electron chi connectivity index (χ1n) is 10.9. The average molecular weight is 450 g/mol. The van der Waals surface area contributed by atoms with E-state index in [1.807, 2.05) is 0 Å². The third-order valence-electron chi connectivity index (χ3n) is 5.49. The fourth-order valence-corrected chi connectivity index (χ4v) is 8.53. The van der Waals surface area contributed by atoms with Crippen molar-refractivity contribution in [3.63, 3.8) is 0 Å². The first kappa shape index (κ1) is 22.2. The maximum Gasteiger partial charge on any atom is 0.195 e. The van der Waals surface area contributed by atoms with Gasteiger partial charge in [0.25, 0.3) is 0 Å². The molecule has 0 fully saturated rings. The van der Waals surface area contributed by atoms with E-state index < -0.39 is 16.2 Å². The van der Waals surface area contributed by atoms with Crippen LogP contribution in [-0.2, 0) is 9.16 Å². The number of ether oxygens (including phenoxy) is 1. The van der Waals surface area contributed by atoms with E-state index in [-0.39, 0.29) is 17.6 Å². The van der Waals surface area contributed by atoms with Gasteiger partial charge in [-0.25, -0.2) is 4.99 Å². The van der Waals surface area contributed by atoms with Crippen LogP contribution in [0.1, 0.15) is 13.8 Å². The Morgan fingerprint density at radius 2 is 1.55 bits per heavy atom. The van der Waals surface area contributed by atoms with Gasteiger partial charge in [0.15, 0.2) is 14.2 Å². The lowest BCUT2D eigenvalue weighted by atomic mass is 10.0. The zero-order valence-corrected chi connectivity index (χ0v) is 21.0. The highest BCUT2D eigenvalue weighted by molar-refractivity contribution is 7.76. The van der Waals surface area contributed by atoms with Crippen molar-refractivity contribution >= 4 is 32.7 Å². The van der Waals surface area contributed by atoms with Crippen molar-refractivity contribution in [1.29, 1.82) is 0 Å². The lowest BCUT2D eigenvalue weighted by Gasteiger charge is -2.35. The van der Waals surface area contributed by atoms with Gasteiger partial charge in [0.2, 0.25) is 0 Å². The summed E-state index contributed by atoms with van der Waals surface area (Å²) in [6, 6.07) is 21.6. The number of benzene rings is 2. The summed E-state index contributed by atoms with van der Waals surface area (Å²) < 4.78 is 12.7. The smallest absolute Gasteiger partial charge is 0.195 e. The van der Waals surface area contributed by atoms with Crippen LogP contribution in [0.25, 0.3) is 0 Å². The Bertz CT molecular complexity index is 954. The summed E-state index contributed by atoms with van der Waals surface area (Å²) in [5.41, 5.74) is -0.331. The van der Waals surface area contributed by atoms with Gasteiger partial charge < -0.3 is 9.16 Å². The largest absolute Gasteiger partial charge is 0.478 e. The molecule has 0 saturated heterocycles. The second kappa shape index (κ2) is 8.86. The molecule has 1 unspecified atom stereocenters. The quantitative estimate of drug-likeness (QED) is 0.406. The number of allylic oxidation sites excluding steroid dienone is 2. The summed E-state index contributed by atoms with van der Waals surface area (Å²) in [4.78, 5) is 5.06. The molecule has 0 saturated carbocycles. The summed E-state index contributed by atoms with van der Waals surface area (Å²) >= 11 is 0. The molecule has 0 aromatic heterocycles. The molecule has 0 amide bonds. The van der Waals surface area contributed by atoms with Crippen LogP contribution >= 0.6 is 7.92 Å². The van der Waals surface area contributed by atoms with Gasteiger partial charge in [-0.2, -0.15) is 0 Å². The predicted molar refractivity (Wildman–Crippen MR) is 135 cm³/mol. The fraction of sp³-hybridized carbons (Fsp3) is 0.346. The third-order valence-corrected chi connectivity index (χ3v) is 9.20. The van der Waals surface area contributed by atoms with Crippen LogP contribution < -0.4 is 10.6 Å². The minimum absolute atomic E-state index is 0.0177. The lowest BCUT2D eigenvalue weighted by Crippen LogP contribution is -2.46. The van der Waals surface area contributed by atoms with Gasteiger partial charge in [0.1, 0.15) is 12.6 Å². The molecule has 5 heteroatoms. The first-order chi connectivity index (χ1) is 14.7. The van der Waals surface area contributed by atoms with E-state index in [2.05, 4.69) is 112 Å². The average Bonchev–Trinajstić information content (AvgIpc) is 3.38. The fourth-order valence-electron chi connectivity index (χ4n) is 4.27. The number of hydrogen-bond acceptors (Lipinski definition) is 3. The highest BCUT2D eigenvalue weighted by Crippen LogP contribution is 2.50. The van der Waals surface area contributed by atoms with Crippen molar-refractivity contribution in [2.75, 3.05) is 6.61 Å². The molecule has 2 aliphatic rings. The van der Waals surface area contributed by atoms with Crippen LogP contribution in [0, 0.1) is 5.92 Å². The van der Waals surface area contributed by atoms with Crippen LogP contribution in [0.5, 0.6) is 0 Å². The van der Waals surface area contributed by atoms with Crippen LogP contribution in [0.3, 0.4) is 0 Å². The molecule has 0 spiro atoms. The second-order valence-electron chi connectivity index (χ2n) is 9.57. The van der Waals surface area contributed by atoms with Gasteiger partial charge in [0.05, 0.1) is 11.5 Å². The standard InChI is InChI=1S/C26H32NO2PSi/c1-26(2,29-31(3,4)5)24-19-28-25(27-24)22-17-12-18-23(22)30(20-13-8-6-9-14-20)21-15-10-7-11-16-21/h6-18,22,24H,19H2,1-5H3/t22?,24-/m1/s1. The van der Waals surface area contributed by atoms with Gasteiger partial charge in [-0.1, -0.05) is 78.9 Å². The van der Waals surface area contributed by atoms with Crippen molar-refractivity contribution in [2.24, 2.45) is 10.9 Å². The molecule has 2 atom stereocenters. The highest BCUT2D eigenvalue weighted by atomic mass is 31.1. The van der Waals surface area contributed by atoms with Gasteiger partial charge in [-0.3, -0.25) is 0 Å². The zero-order valence-electron chi connectivity index (χ0n) is 19.1. The molecule has 0 radical (unpaired) electrons. The predicted octanol–water partition coefficient (Wildman–Crippen LogP) is 5.62. The normalized spacial score (nSPS) is 21.2. The molecule has 1 aliphatic carbocycles.